The summed E-state index contributed by atoms with van der Waals surface area (Å²) >= 11 is 1.47. The first-order chi connectivity index (χ1) is 13.7. The van der Waals surface area contributed by atoms with Crippen LogP contribution in [0.5, 0.6) is 0 Å². The third-order valence-corrected chi connectivity index (χ3v) is 8.61. The molecule has 0 saturated carbocycles. The number of aryl methyl sites for hydroxylation is 2. The summed E-state index contributed by atoms with van der Waals surface area (Å²) in [5.74, 6) is 0.505. The van der Waals surface area contributed by atoms with Crippen molar-refractivity contribution < 1.29 is 8.42 Å². The lowest BCUT2D eigenvalue weighted by Gasteiger charge is -2.12. The Morgan fingerprint density at radius 1 is 1.10 bits per heavy atom. The zero-order valence-corrected chi connectivity index (χ0v) is 19.6. The van der Waals surface area contributed by atoms with Gasteiger partial charge in [-0.25, -0.2) is 14.5 Å². The number of nitrogens with zero attached hydrogens (tertiary/aromatic N) is 4. The Hall–Kier alpha value is -1.97. The van der Waals surface area contributed by atoms with E-state index in [4.69, 9.17) is 10.1 Å². The molecular formula is C20H22N4O2S3. The lowest BCUT2D eigenvalue weighted by atomic mass is 10.0. The highest BCUT2D eigenvalue weighted by atomic mass is 32.2. The molecule has 2 atom stereocenters. The largest absolute Gasteiger partial charge is 0.254 e. The topological polar surface area (TPSA) is 77.2 Å². The van der Waals surface area contributed by atoms with Gasteiger partial charge in [-0.05, 0) is 44.4 Å². The van der Waals surface area contributed by atoms with Gasteiger partial charge in [0.15, 0.2) is 0 Å². The molecule has 2 unspecified atom stereocenters. The lowest BCUT2D eigenvalue weighted by molar-refractivity contribution is 0.683. The van der Waals surface area contributed by atoms with E-state index < -0.39 is 21.6 Å². The smallest absolute Gasteiger partial charge is 0.146 e. The molecule has 0 aromatic carbocycles. The zero-order valence-electron chi connectivity index (χ0n) is 17.2. The maximum atomic E-state index is 13.1. The fraction of sp³-hybridized carbons (Fsp3) is 0.350. The van der Waals surface area contributed by atoms with Crippen molar-refractivity contribution >= 4 is 48.7 Å². The number of hydrogen-bond acceptors (Lipinski definition) is 6. The molecule has 0 aliphatic rings. The molecule has 152 valence electrons. The van der Waals surface area contributed by atoms with Gasteiger partial charge in [-0.1, -0.05) is 6.92 Å². The van der Waals surface area contributed by atoms with Crippen LogP contribution in [0.2, 0.25) is 0 Å². The Bertz CT molecular complexity index is 1340. The molecule has 4 aromatic rings. The molecule has 0 radical (unpaired) electrons. The summed E-state index contributed by atoms with van der Waals surface area (Å²) in [6.07, 6.45) is 3.30. The number of aromatic nitrogens is 4. The van der Waals surface area contributed by atoms with E-state index in [1.165, 1.54) is 22.5 Å². The van der Waals surface area contributed by atoms with E-state index in [0.717, 1.165) is 31.9 Å². The molecule has 0 bridgehead atoms. The van der Waals surface area contributed by atoms with Crippen molar-refractivity contribution in [1.82, 2.24) is 19.6 Å². The summed E-state index contributed by atoms with van der Waals surface area (Å²) in [5.41, 5.74) is 6.80. The molecule has 0 fully saturated rings. The van der Waals surface area contributed by atoms with Gasteiger partial charge >= 0.3 is 0 Å². The van der Waals surface area contributed by atoms with Gasteiger partial charge in [0.1, 0.15) is 15.7 Å². The predicted octanol–water partition coefficient (Wildman–Crippen LogP) is 4.10. The second-order valence-electron chi connectivity index (χ2n) is 7.00. The van der Waals surface area contributed by atoms with Crippen LogP contribution in [-0.2, 0) is 21.6 Å². The highest BCUT2D eigenvalue weighted by Gasteiger charge is 2.25. The van der Waals surface area contributed by atoms with E-state index in [2.05, 4.69) is 25.8 Å². The second kappa shape index (κ2) is 7.37. The van der Waals surface area contributed by atoms with E-state index in [-0.39, 0.29) is 0 Å². The van der Waals surface area contributed by atoms with Crippen LogP contribution in [0, 0.1) is 27.7 Å². The molecule has 0 N–H and O–H groups in total. The van der Waals surface area contributed by atoms with Crippen molar-refractivity contribution in [1.29, 1.82) is 0 Å². The predicted molar refractivity (Wildman–Crippen MR) is 120 cm³/mol. The summed E-state index contributed by atoms with van der Waals surface area (Å²) in [5, 5.41) is 6.06. The Labute approximate surface area is 178 Å². The van der Waals surface area contributed by atoms with Gasteiger partial charge < -0.3 is 0 Å². The first-order valence-electron chi connectivity index (χ1n) is 9.22. The molecule has 0 saturated heterocycles. The van der Waals surface area contributed by atoms with Crippen molar-refractivity contribution in [3.05, 3.63) is 34.6 Å². The Balaban J connectivity index is 2.07. The molecule has 9 heteroatoms. The fourth-order valence-corrected chi connectivity index (χ4v) is 5.99. The number of fused-ring (bicyclic) bond motifs is 2. The number of hydrogen-bond donors (Lipinski definition) is 0. The van der Waals surface area contributed by atoms with Crippen molar-refractivity contribution in [2.45, 2.75) is 44.5 Å². The highest BCUT2D eigenvalue weighted by Crippen LogP contribution is 2.37. The van der Waals surface area contributed by atoms with E-state index in [1.807, 2.05) is 18.4 Å². The van der Waals surface area contributed by atoms with E-state index >= 15 is 0 Å². The maximum absolute atomic E-state index is 13.1. The van der Waals surface area contributed by atoms with Crippen LogP contribution in [0.1, 0.15) is 29.3 Å². The van der Waals surface area contributed by atoms with Gasteiger partial charge in [0, 0.05) is 30.0 Å². The van der Waals surface area contributed by atoms with Crippen LogP contribution >= 0.6 is 11.3 Å². The summed E-state index contributed by atoms with van der Waals surface area (Å²) < 4.78 is 27.7. The standard InChI is InChI=1S/C20H22N4O2S3/c1-7-29(26)19-17(23-24-13(5)11(3)10(2)12(4)18(19)24)20-22-14-8-16(28(6)25)21-9-15(14)27-20/h8-9H,7H2,1-6H3. The van der Waals surface area contributed by atoms with E-state index in [1.54, 1.807) is 18.5 Å². The van der Waals surface area contributed by atoms with Gasteiger partial charge in [-0.3, -0.25) is 8.42 Å². The Kier molecular flexibility index (Phi) is 5.16. The van der Waals surface area contributed by atoms with Crippen LogP contribution in [0.25, 0.3) is 26.4 Å². The molecule has 0 amide bonds. The van der Waals surface area contributed by atoms with Crippen LogP contribution < -0.4 is 0 Å². The normalized spacial score (nSPS) is 14.0. The summed E-state index contributed by atoms with van der Waals surface area (Å²) in [4.78, 5) is 9.74. The van der Waals surface area contributed by atoms with Gasteiger partial charge in [0.2, 0.25) is 0 Å². The Morgan fingerprint density at radius 2 is 1.83 bits per heavy atom. The molecule has 29 heavy (non-hydrogen) atoms. The van der Waals surface area contributed by atoms with Gasteiger partial charge in [-0.2, -0.15) is 5.10 Å². The molecule has 4 heterocycles. The molecule has 6 nitrogen and oxygen atoms in total. The first-order valence-corrected chi connectivity index (χ1v) is 12.9. The fourth-order valence-electron chi connectivity index (χ4n) is 3.44. The van der Waals surface area contributed by atoms with Gasteiger partial charge in [0.25, 0.3) is 0 Å². The Morgan fingerprint density at radius 3 is 2.48 bits per heavy atom. The minimum atomic E-state index is -1.19. The third kappa shape index (κ3) is 3.15. The molecule has 0 spiro atoms. The van der Waals surface area contributed by atoms with Crippen molar-refractivity contribution in [2.75, 3.05) is 12.0 Å². The van der Waals surface area contributed by atoms with E-state index in [9.17, 15) is 8.42 Å². The van der Waals surface area contributed by atoms with Gasteiger partial charge in [-0.15, -0.1) is 11.3 Å². The number of pyridine rings is 2. The number of rotatable bonds is 4. The number of thiazole rings is 1. The molecule has 0 aliphatic heterocycles. The van der Waals surface area contributed by atoms with Crippen molar-refractivity contribution in [3.63, 3.8) is 0 Å². The average molecular weight is 447 g/mol. The third-order valence-electron chi connectivity index (χ3n) is 5.42. The quantitative estimate of drug-likeness (QED) is 0.472. The van der Waals surface area contributed by atoms with Crippen molar-refractivity contribution in [2.24, 2.45) is 0 Å². The summed E-state index contributed by atoms with van der Waals surface area (Å²) in [7, 11) is -2.37. The molecule has 4 aromatic heterocycles. The van der Waals surface area contributed by atoms with E-state index in [0.29, 0.717) is 21.5 Å². The SMILES string of the molecule is CCS(=O)c1c(-c2nc3cc(S(C)=O)ncc3s2)nn2c(C)c(C)c(C)c(C)c12. The lowest BCUT2D eigenvalue weighted by Crippen LogP contribution is -2.03. The second-order valence-corrected chi connectivity index (χ2v) is 11.0. The average Bonchev–Trinajstić information content (AvgIpc) is 3.30. The van der Waals surface area contributed by atoms with Gasteiger partial charge in [0.05, 0.1) is 42.2 Å². The van der Waals surface area contributed by atoms with Crippen LogP contribution in [-0.4, -0.2) is 40.0 Å². The van der Waals surface area contributed by atoms with Crippen molar-refractivity contribution in [3.8, 4) is 10.7 Å². The maximum Gasteiger partial charge on any atom is 0.146 e. The summed E-state index contributed by atoms with van der Waals surface area (Å²) in [6, 6.07) is 1.75. The van der Waals surface area contributed by atoms with Crippen LogP contribution in [0.3, 0.4) is 0 Å². The first kappa shape index (κ1) is 20.3. The van der Waals surface area contributed by atoms with Crippen LogP contribution in [0.4, 0.5) is 0 Å². The minimum Gasteiger partial charge on any atom is -0.254 e. The molecule has 0 aliphatic carbocycles. The minimum absolute atomic E-state index is 0.500. The zero-order chi connectivity index (χ0) is 21.0. The highest BCUT2D eigenvalue weighted by molar-refractivity contribution is 7.85. The molecule has 4 rings (SSSR count). The summed E-state index contributed by atoms with van der Waals surface area (Å²) in [6.45, 7) is 10.2. The molecular weight excluding hydrogens is 424 g/mol. The van der Waals surface area contributed by atoms with Crippen LogP contribution in [0.15, 0.2) is 22.2 Å². The monoisotopic (exact) mass is 446 g/mol.